The van der Waals surface area contributed by atoms with Crippen LogP contribution in [-0.2, 0) is 17.1 Å². The SMILES string of the molecule is CCNC(=O)c1cc2c(-c3sc(S(N)(=O)=O)cc3Oc3c(C)cncc3C)cn(C)c(=O)c2[nH]1. The molecule has 0 unspecified atom stereocenters. The zero-order valence-corrected chi connectivity index (χ0v) is 20.6. The third kappa shape index (κ3) is 4.22. The van der Waals surface area contributed by atoms with Gasteiger partial charge in [-0.05, 0) is 26.8 Å². The van der Waals surface area contributed by atoms with Gasteiger partial charge >= 0.3 is 0 Å². The number of hydrogen-bond donors (Lipinski definition) is 3. The number of aromatic amines is 1. The van der Waals surface area contributed by atoms with Gasteiger partial charge in [0.15, 0.2) is 0 Å². The summed E-state index contributed by atoms with van der Waals surface area (Å²) in [7, 11) is -2.45. The lowest BCUT2D eigenvalue weighted by atomic mass is 10.1. The number of nitrogens with zero attached hydrogens (tertiary/aromatic N) is 2. The van der Waals surface area contributed by atoms with E-state index in [9.17, 15) is 18.0 Å². The Morgan fingerprint density at radius 2 is 1.94 bits per heavy atom. The Balaban J connectivity index is 1.99. The molecule has 4 heterocycles. The fraction of sp³-hybridized carbons (Fsp3) is 0.227. The van der Waals surface area contributed by atoms with Crippen molar-refractivity contribution in [3.8, 4) is 21.9 Å². The maximum absolute atomic E-state index is 12.8. The summed E-state index contributed by atoms with van der Waals surface area (Å²) in [5.74, 6) is 0.433. The number of pyridine rings is 2. The van der Waals surface area contributed by atoms with Gasteiger partial charge in [-0.1, -0.05) is 0 Å². The van der Waals surface area contributed by atoms with Crippen molar-refractivity contribution in [2.24, 2.45) is 12.2 Å². The molecular formula is C22H23N5O5S2. The van der Waals surface area contributed by atoms with Crippen molar-refractivity contribution in [2.75, 3.05) is 6.54 Å². The molecule has 0 atom stereocenters. The van der Waals surface area contributed by atoms with Crippen molar-refractivity contribution < 1.29 is 17.9 Å². The van der Waals surface area contributed by atoms with Gasteiger partial charge in [-0.25, -0.2) is 13.6 Å². The minimum absolute atomic E-state index is 0.0941. The summed E-state index contributed by atoms with van der Waals surface area (Å²) >= 11 is 0.924. The quantitative estimate of drug-likeness (QED) is 0.370. The molecule has 0 aliphatic carbocycles. The minimum atomic E-state index is -4.03. The van der Waals surface area contributed by atoms with Gasteiger partial charge in [-0.3, -0.25) is 14.6 Å². The summed E-state index contributed by atoms with van der Waals surface area (Å²) in [6.45, 7) is 5.87. The highest BCUT2D eigenvalue weighted by Crippen LogP contribution is 2.45. The van der Waals surface area contributed by atoms with Crippen LogP contribution in [0.25, 0.3) is 21.3 Å². The van der Waals surface area contributed by atoms with Gasteiger partial charge in [0.2, 0.25) is 10.0 Å². The van der Waals surface area contributed by atoms with Crippen LogP contribution in [0.1, 0.15) is 28.5 Å². The van der Waals surface area contributed by atoms with Crippen LogP contribution in [0.3, 0.4) is 0 Å². The highest BCUT2D eigenvalue weighted by atomic mass is 32.2. The summed E-state index contributed by atoms with van der Waals surface area (Å²) in [5, 5.41) is 8.57. The van der Waals surface area contributed by atoms with E-state index in [0.29, 0.717) is 28.1 Å². The lowest BCUT2D eigenvalue weighted by Crippen LogP contribution is -2.23. The van der Waals surface area contributed by atoms with Gasteiger partial charge in [-0.15, -0.1) is 11.3 Å². The van der Waals surface area contributed by atoms with Crippen molar-refractivity contribution in [3.05, 3.63) is 57.9 Å². The number of fused-ring (bicyclic) bond motifs is 1. The molecule has 0 radical (unpaired) electrons. The van der Waals surface area contributed by atoms with Crippen LogP contribution >= 0.6 is 11.3 Å². The molecule has 0 aliphatic rings. The molecule has 34 heavy (non-hydrogen) atoms. The van der Waals surface area contributed by atoms with Crippen LogP contribution < -0.4 is 20.8 Å². The van der Waals surface area contributed by atoms with Crippen LogP contribution in [0.5, 0.6) is 11.5 Å². The summed E-state index contributed by atoms with van der Waals surface area (Å²) < 4.78 is 31.8. The smallest absolute Gasteiger partial charge is 0.274 e. The molecule has 0 spiro atoms. The van der Waals surface area contributed by atoms with Gasteiger partial charge in [0.1, 0.15) is 26.9 Å². The number of nitrogens with two attached hydrogens (primary N) is 1. The summed E-state index contributed by atoms with van der Waals surface area (Å²) in [5.41, 5.74) is 2.14. The molecule has 178 valence electrons. The van der Waals surface area contributed by atoms with Crippen LogP contribution in [-0.4, -0.2) is 35.4 Å². The lowest BCUT2D eigenvalue weighted by molar-refractivity contribution is 0.0951. The van der Waals surface area contributed by atoms with E-state index in [1.807, 2.05) is 13.8 Å². The molecule has 4 rings (SSSR count). The predicted molar refractivity (Wildman–Crippen MR) is 130 cm³/mol. The Hall–Kier alpha value is -3.48. The third-order valence-electron chi connectivity index (χ3n) is 5.21. The zero-order chi connectivity index (χ0) is 24.8. The van der Waals surface area contributed by atoms with E-state index < -0.39 is 10.0 Å². The van der Waals surface area contributed by atoms with Crippen LogP contribution in [0.15, 0.2) is 39.7 Å². The molecular weight excluding hydrogens is 478 g/mol. The summed E-state index contributed by atoms with van der Waals surface area (Å²) in [4.78, 5) is 32.7. The fourth-order valence-corrected chi connectivity index (χ4v) is 5.44. The van der Waals surface area contributed by atoms with Gasteiger partial charge in [0, 0.05) is 60.3 Å². The van der Waals surface area contributed by atoms with Gasteiger partial charge in [-0.2, -0.15) is 0 Å². The normalized spacial score (nSPS) is 11.7. The summed E-state index contributed by atoms with van der Waals surface area (Å²) in [6, 6.07) is 2.93. The first-order valence-corrected chi connectivity index (χ1v) is 12.6. The van der Waals surface area contributed by atoms with Crippen molar-refractivity contribution in [1.82, 2.24) is 19.9 Å². The number of aryl methyl sites for hydroxylation is 3. The minimum Gasteiger partial charge on any atom is -0.455 e. The predicted octanol–water partition coefficient (Wildman–Crippen LogP) is 2.80. The highest BCUT2D eigenvalue weighted by Gasteiger charge is 2.24. The summed E-state index contributed by atoms with van der Waals surface area (Å²) in [6.07, 6.45) is 4.87. The average molecular weight is 502 g/mol. The fourth-order valence-electron chi connectivity index (χ4n) is 3.61. The van der Waals surface area contributed by atoms with E-state index in [-0.39, 0.29) is 32.6 Å². The molecule has 4 aromatic heterocycles. The number of carbonyl (C=O) groups is 1. The monoisotopic (exact) mass is 501 g/mol. The maximum atomic E-state index is 12.8. The van der Waals surface area contributed by atoms with E-state index in [4.69, 9.17) is 9.88 Å². The van der Waals surface area contributed by atoms with Crippen LogP contribution in [0, 0.1) is 13.8 Å². The molecule has 1 amide bonds. The molecule has 0 fully saturated rings. The van der Waals surface area contributed by atoms with E-state index in [0.717, 1.165) is 22.5 Å². The Kier molecular flexibility index (Phi) is 6.06. The second-order valence-electron chi connectivity index (χ2n) is 7.80. The number of sulfonamides is 1. The van der Waals surface area contributed by atoms with E-state index >= 15 is 0 Å². The molecule has 4 aromatic rings. The number of primary sulfonamides is 1. The van der Waals surface area contributed by atoms with Gasteiger partial charge in [0.05, 0.1) is 4.88 Å². The Bertz CT molecular complexity index is 1580. The highest BCUT2D eigenvalue weighted by molar-refractivity contribution is 7.91. The maximum Gasteiger partial charge on any atom is 0.274 e. The molecule has 0 saturated carbocycles. The van der Waals surface area contributed by atoms with E-state index in [1.54, 1.807) is 38.6 Å². The molecule has 4 N–H and O–H groups in total. The molecule has 0 aliphatic heterocycles. The second kappa shape index (κ2) is 8.70. The Labute approximate surface area is 199 Å². The Morgan fingerprint density at radius 3 is 2.56 bits per heavy atom. The van der Waals surface area contributed by atoms with Crippen LogP contribution in [0.2, 0.25) is 0 Å². The number of amides is 1. The number of hydrogen-bond acceptors (Lipinski definition) is 7. The largest absolute Gasteiger partial charge is 0.455 e. The number of ether oxygens (including phenoxy) is 1. The van der Waals surface area contributed by atoms with E-state index in [1.165, 1.54) is 10.6 Å². The number of thiophene rings is 1. The van der Waals surface area contributed by atoms with E-state index in [2.05, 4.69) is 15.3 Å². The van der Waals surface area contributed by atoms with Crippen LogP contribution in [0.4, 0.5) is 0 Å². The molecule has 0 bridgehead atoms. The van der Waals surface area contributed by atoms with Gasteiger partial charge in [0.25, 0.3) is 11.5 Å². The standard InChI is InChI=1S/C22H23N5O5S2/c1-5-25-21(28)15-6-13-14(10-27(4)22(29)18(13)26-15)20-16(7-17(33-20)34(23,30)31)32-19-11(2)8-24-9-12(19)3/h6-10,26H,5H2,1-4H3,(H,25,28)(H2,23,30,31). The zero-order valence-electron chi connectivity index (χ0n) is 18.9. The lowest BCUT2D eigenvalue weighted by Gasteiger charge is -2.12. The second-order valence-corrected chi connectivity index (χ2v) is 10.6. The number of nitrogens with one attached hydrogen (secondary N) is 2. The molecule has 12 heteroatoms. The van der Waals surface area contributed by atoms with Crippen molar-refractivity contribution in [2.45, 2.75) is 25.0 Å². The molecule has 0 aromatic carbocycles. The molecule has 0 saturated heterocycles. The third-order valence-corrected chi connectivity index (χ3v) is 7.78. The topological polar surface area (TPSA) is 149 Å². The number of carbonyl (C=O) groups excluding carboxylic acids is 1. The average Bonchev–Trinajstić information content (AvgIpc) is 3.39. The van der Waals surface area contributed by atoms with Gasteiger partial charge < -0.3 is 19.6 Å². The number of H-pyrrole nitrogens is 1. The number of aromatic nitrogens is 3. The van der Waals surface area contributed by atoms with Crippen molar-refractivity contribution >= 4 is 38.2 Å². The first-order chi connectivity index (χ1) is 16.0. The number of rotatable bonds is 6. The first kappa shape index (κ1) is 23.7. The molecule has 10 nitrogen and oxygen atoms in total. The first-order valence-electron chi connectivity index (χ1n) is 10.3. The van der Waals surface area contributed by atoms with Crippen molar-refractivity contribution in [1.29, 1.82) is 0 Å². The Morgan fingerprint density at radius 1 is 1.26 bits per heavy atom. The van der Waals surface area contributed by atoms with Crippen molar-refractivity contribution in [3.63, 3.8) is 0 Å².